The fourth-order valence-corrected chi connectivity index (χ4v) is 4.32. The summed E-state index contributed by atoms with van der Waals surface area (Å²) >= 11 is 5.67. The van der Waals surface area contributed by atoms with Crippen LogP contribution in [0.15, 0.2) is 83.4 Å². The molecule has 1 N–H and O–H groups in total. The molecule has 4 amide bonds. The summed E-state index contributed by atoms with van der Waals surface area (Å²) in [6.07, 6.45) is 3.79. The monoisotopic (exact) mass is 656 g/mol. The molecule has 4 rings (SSSR count). The Morgan fingerprint density at radius 1 is 1.06 bits per heavy atom. The number of halogens is 2. The summed E-state index contributed by atoms with van der Waals surface area (Å²) in [4.78, 5) is 39.3. The topological polar surface area (TPSA) is 75.7 Å². The van der Waals surface area contributed by atoms with Crippen LogP contribution in [0.3, 0.4) is 0 Å². The van der Waals surface area contributed by atoms with Crippen molar-refractivity contribution in [1.82, 2.24) is 5.32 Å². The number of hydrogen-bond acceptors (Lipinski definition) is 4. The Labute approximate surface area is 231 Å². The predicted octanol–water partition coefficient (Wildman–Crippen LogP) is 6.34. The number of carbonyl (C=O) groups is 3. The number of barbiturate groups is 1. The second-order valence-electron chi connectivity index (χ2n) is 8.17. The summed E-state index contributed by atoms with van der Waals surface area (Å²) in [6.45, 7) is 6.08. The van der Waals surface area contributed by atoms with Gasteiger partial charge < -0.3 is 4.74 Å². The summed E-state index contributed by atoms with van der Waals surface area (Å²) in [5.74, 6) is -0.730. The van der Waals surface area contributed by atoms with E-state index in [2.05, 4.69) is 50.4 Å². The first-order chi connectivity index (χ1) is 17.3. The van der Waals surface area contributed by atoms with Crippen molar-refractivity contribution in [3.8, 4) is 5.75 Å². The van der Waals surface area contributed by atoms with E-state index in [1.165, 1.54) is 6.08 Å². The van der Waals surface area contributed by atoms with E-state index in [-0.39, 0.29) is 5.57 Å². The minimum Gasteiger partial charge on any atom is -0.489 e. The number of allylic oxidation sites excluding steroid dienone is 1. The van der Waals surface area contributed by atoms with E-state index in [4.69, 9.17) is 4.74 Å². The predicted molar refractivity (Wildman–Crippen MR) is 152 cm³/mol. The highest BCUT2D eigenvalue weighted by atomic mass is 127. The molecule has 1 saturated heterocycles. The largest absolute Gasteiger partial charge is 0.489 e. The Morgan fingerprint density at radius 3 is 2.50 bits per heavy atom. The van der Waals surface area contributed by atoms with Crippen molar-refractivity contribution in [1.29, 1.82) is 0 Å². The van der Waals surface area contributed by atoms with Gasteiger partial charge in [-0.3, -0.25) is 14.9 Å². The number of imide groups is 2. The smallest absolute Gasteiger partial charge is 0.335 e. The zero-order valence-electron chi connectivity index (χ0n) is 19.4. The van der Waals surface area contributed by atoms with Crippen molar-refractivity contribution >= 4 is 68.1 Å². The molecule has 0 aliphatic carbocycles. The molecule has 1 heterocycles. The summed E-state index contributed by atoms with van der Waals surface area (Å²) in [6, 6.07) is 17.8. The average molecular weight is 657 g/mol. The van der Waals surface area contributed by atoms with Gasteiger partial charge in [0.15, 0.2) is 0 Å². The zero-order chi connectivity index (χ0) is 25.8. The van der Waals surface area contributed by atoms with Crippen LogP contribution in [-0.2, 0) is 22.6 Å². The van der Waals surface area contributed by atoms with Crippen LogP contribution < -0.4 is 15.0 Å². The van der Waals surface area contributed by atoms with Gasteiger partial charge in [0.1, 0.15) is 17.9 Å². The van der Waals surface area contributed by atoms with Crippen LogP contribution in [0, 0.1) is 10.5 Å². The quantitative estimate of drug-likeness (QED) is 0.140. The molecule has 36 heavy (non-hydrogen) atoms. The van der Waals surface area contributed by atoms with Crippen LogP contribution in [0.2, 0.25) is 0 Å². The number of ether oxygens (including phenoxy) is 1. The number of carbonyl (C=O) groups excluding carboxylic acids is 3. The molecule has 0 unspecified atom stereocenters. The maximum atomic E-state index is 13.2. The Kier molecular flexibility index (Phi) is 8.05. The first kappa shape index (κ1) is 25.8. The third-order valence-corrected chi connectivity index (χ3v) is 7.18. The minimum atomic E-state index is -0.782. The fraction of sp³-hybridized carbons (Fsp3) is 0.107. The molecule has 8 heteroatoms. The number of amides is 4. The summed E-state index contributed by atoms with van der Waals surface area (Å²) < 4.78 is 8.04. The van der Waals surface area contributed by atoms with Crippen molar-refractivity contribution in [2.45, 2.75) is 20.0 Å². The molecule has 0 atom stereocenters. The summed E-state index contributed by atoms with van der Waals surface area (Å²) in [7, 11) is 0. The van der Waals surface area contributed by atoms with Gasteiger partial charge in [-0.25, -0.2) is 9.69 Å². The van der Waals surface area contributed by atoms with Crippen LogP contribution in [0.5, 0.6) is 5.75 Å². The van der Waals surface area contributed by atoms with Crippen molar-refractivity contribution in [3.63, 3.8) is 0 Å². The maximum absolute atomic E-state index is 13.2. The van der Waals surface area contributed by atoms with Gasteiger partial charge in [-0.15, -0.1) is 6.58 Å². The van der Waals surface area contributed by atoms with Crippen molar-refractivity contribution in [3.05, 3.63) is 109 Å². The van der Waals surface area contributed by atoms with Gasteiger partial charge >= 0.3 is 6.03 Å². The van der Waals surface area contributed by atoms with Crippen molar-refractivity contribution in [2.24, 2.45) is 0 Å². The molecule has 0 aromatic heterocycles. The van der Waals surface area contributed by atoms with E-state index in [1.54, 1.807) is 30.3 Å². The number of hydrogen-bond donors (Lipinski definition) is 1. The normalized spacial score (nSPS) is 14.7. The first-order valence-corrected chi connectivity index (χ1v) is 12.9. The van der Waals surface area contributed by atoms with E-state index < -0.39 is 17.8 Å². The number of benzene rings is 3. The molecule has 3 aromatic rings. The number of rotatable bonds is 7. The Hall–Kier alpha value is -3.24. The molecule has 1 fully saturated rings. The molecule has 3 aromatic carbocycles. The Morgan fingerprint density at radius 2 is 1.81 bits per heavy atom. The zero-order valence-corrected chi connectivity index (χ0v) is 23.1. The lowest BCUT2D eigenvalue weighted by molar-refractivity contribution is -0.122. The average Bonchev–Trinajstić information content (AvgIpc) is 2.84. The van der Waals surface area contributed by atoms with Gasteiger partial charge in [0.25, 0.3) is 11.8 Å². The van der Waals surface area contributed by atoms with Gasteiger partial charge in [-0.2, -0.15) is 0 Å². The lowest BCUT2D eigenvalue weighted by atomic mass is 10.0. The molecule has 0 spiro atoms. The van der Waals surface area contributed by atoms with Crippen LogP contribution in [0.25, 0.3) is 6.08 Å². The third kappa shape index (κ3) is 5.76. The van der Waals surface area contributed by atoms with E-state index >= 15 is 0 Å². The minimum absolute atomic E-state index is 0.132. The van der Waals surface area contributed by atoms with Crippen LogP contribution in [0.4, 0.5) is 10.5 Å². The number of aryl methyl sites for hydroxylation is 1. The van der Waals surface area contributed by atoms with Crippen LogP contribution >= 0.6 is 38.5 Å². The van der Waals surface area contributed by atoms with E-state index in [1.807, 2.05) is 43.3 Å². The van der Waals surface area contributed by atoms with E-state index in [0.717, 1.165) is 29.6 Å². The standard InChI is InChI=1S/C28H22BrIN2O4/c1-3-4-20-14-19(7-12-25(20)36-16-18-5-8-21(30)9-6-18)15-23-26(33)31-28(35)32(27(23)34)22-10-11-24(29)17(2)13-22/h3,5-15H,1,4,16H2,2H3,(H,31,33,35)/b23-15+. The highest BCUT2D eigenvalue weighted by Crippen LogP contribution is 2.28. The number of nitrogens with zero attached hydrogens (tertiary/aromatic N) is 1. The van der Waals surface area contributed by atoms with Crippen LogP contribution in [-0.4, -0.2) is 17.8 Å². The Bertz CT molecular complexity index is 1400. The van der Waals surface area contributed by atoms with Gasteiger partial charge in [0.05, 0.1) is 5.69 Å². The lowest BCUT2D eigenvalue weighted by Crippen LogP contribution is -2.54. The summed E-state index contributed by atoms with van der Waals surface area (Å²) in [5, 5.41) is 2.26. The van der Waals surface area contributed by atoms with E-state index in [9.17, 15) is 14.4 Å². The highest BCUT2D eigenvalue weighted by molar-refractivity contribution is 14.1. The molecular formula is C28H22BrIN2O4. The fourth-order valence-electron chi connectivity index (χ4n) is 3.71. The van der Waals surface area contributed by atoms with E-state index in [0.29, 0.717) is 30.0 Å². The second-order valence-corrected chi connectivity index (χ2v) is 10.3. The third-order valence-electron chi connectivity index (χ3n) is 5.57. The molecule has 182 valence electrons. The molecule has 0 radical (unpaired) electrons. The Balaban J connectivity index is 1.62. The molecule has 1 aliphatic rings. The van der Waals surface area contributed by atoms with Gasteiger partial charge in [-0.05, 0) is 107 Å². The molecule has 6 nitrogen and oxygen atoms in total. The highest BCUT2D eigenvalue weighted by Gasteiger charge is 2.37. The van der Waals surface area contributed by atoms with Crippen molar-refractivity contribution < 1.29 is 19.1 Å². The molecular weight excluding hydrogens is 635 g/mol. The van der Waals surface area contributed by atoms with Crippen LogP contribution in [0.1, 0.15) is 22.3 Å². The number of nitrogens with one attached hydrogen (secondary N) is 1. The van der Waals surface area contributed by atoms with Crippen molar-refractivity contribution in [2.75, 3.05) is 4.90 Å². The number of anilines is 1. The summed E-state index contributed by atoms with van der Waals surface area (Å²) in [5.41, 5.74) is 3.64. The van der Waals surface area contributed by atoms with Gasteiger partial charge in [0, 0.05) is 8.04 Å². The second kappa shape index (κ2) is 11.2. The van der Waals surface area contributed by atoms with Gasteiger partial charge in [-0.1, -0.05) is 40.2 Å². The van der Waals surface area contributed by atoms with Gasteiger partial charge in [0.2, 0.25) is 0 Å². The maximum Gasteiger partial charge on any atom is 0.335 e. The SMILES string of the molecule is C=CCc1cc(/C=C2\C(=O)NC(=O)N(c3ccc(Br)c(C)c3)C2=O)ccc1OCc1ccc(I)cc1. The molecule has 0 bridgehead atoms. The lowest BCUT2D eigenvalue weighted by Gasteiger charge is -2.26. The number of urea groups is 1. The molecule has 1 aliphatic heterocycles. The first-order valence-electron chi connectivity index (χ1n) is 11.1. The molecule has 0 saturated carbocycles.